The van der Waals surface area contributed by atoms with Gasteiger partial charge < -0.3 is 9.64 Å². The normalized spacial score (nSPS) is 17.0. The van der Waals surface area contributed by atoms with Crippen molar-refractivity contribution in [1.82, 2.24) is 20.2 Å². The molecule has 1 amide bonds. The van der Waals surface area contributed by atoms with Gasteiger partial charge in [0, 0.05) is 37.6 Å². The second-order valence-electron chi connectivity index (χ2n) is 5.36. The number of hydrogen-bond acceptors (Lipinski definition) is 5. The number of aromatic nitrogens is 4. The number of rotatable bonds is 3. The second kappa shape index (κ2) is 6.32. The average Bonchev–Trinajstić information content (AvgIpc) is 3.09. The number of tetrazole rings is 1. The van der Waals surface area contributed by atoms with E-state index in [1.807, 2.05) is 0 Å². The molecule has 0 N–H and O–H groups in total. The fraction of sp³-hybridized carbons (Fsp3) is 0.429. The highest BCUT2D eigenvalue weighted by Crippen LogP contribution is 2.33. The number of halogens is 2. The van der Waals surface area contributed by atoms with Gasteiger partial charge in [-0.2, -0.15) is 0 Å². The molecule has 2 heterocycles. The molecule has 0 unspecified atom stereocenters. The van der Waals surface area contributed by atoms with E-state index in [0.717, 1.165) is 0 Å². The Morgan fingerprint density at radius 2 is 2.17 bits per heavy atom. The monoisotopic (exact) mass is 383 g/mol. The molecule has 0 saturated carbocycles. The summed E-state index contributed by atoms with van der Waals surface area (Å²) in [5, 5.41) is 11.2. The number of likely N-dealkylation sites (N-methyl/N-ethyl adjacent to an activating group) is 1. The first kappa shape index (κ1) is 16.0. The summed E-state index contributed by atoms with van der Waals surface area (Å²) in [5.74, 6) is -0.747. The summed E-state index contributed by atoms with van der Waals surface area (Å²) >= 11 is 3.21. The Labute approximate surface area is 140 Å². The van der Waals surface area contributed by atoms with E-state index in [1.54, 1.807) is 19.2 Å². The molecule has 0 bridgehead atoms. The maximum absolute atomic E-state index is 14.2. The summed E-state index contributed by atoms with van der Waals surface area (Å²) < 4.78 is 21.6. The quantitative estimate of drug-likeness (QED) is 0.806. The highest BCUT2D eigenvalue weighted by molar-refractivity contribution is 9.10. The molecule has 7 nitrogen and oxygen atoms in total. The van der Waals surface area contributed by atoms with Gasteiger partial charge in [-0.05, 0) is 28.6 Å². The van der Waals surface area contributed by atoms with Crippen molar-refractivity contribution in [3.63, 3.8) is 0 Å². The lowest BCUT2D eigenvalue weighted by Gasteiger charge is -2.37. The molecule has 9 heteroatoms. The van der Waals surface area contributed by atoms with Gasteiger partial charge >= 0.3 is 0 Å². The van der Waals surface area contributed by atoms with Gasteiger partial charge in [0.2, 0.25) is 0 Å². The van der Waals surface area contributed by atoms with Crippen molar-refractivity contribution < 1.29 is 13.9 Å². The van der Waals surface area contributed by atoms with Crippen LogP contribution in [0.2, 0.25) is 0 Å². The van der Waals surface area contributed by atoms with Crippen LogP contribution in [0.1, 0.15) is 12.8 Å². The molecule has 1 aromatic heterocycles. The number of benzene rings is 1. The third-order valence-corrected chi connectivity index (χ3v) is 4.57. The largest absolute Gasteiger partial charge is 0.381 e. The van der Waals surface area contributed by atoms with Gasteiger partial charge in [-0.3, -0.25) is 4.79 Å². The molecule has 2 aromatic rings. The number of nitrogens with zero attached hydrogens (tertiary/aromatic N) is 5. The number of hydrogen-bond donors (Lipinski definition) is 0. The summed E-state index contributed by atoms with van der Waals surface area (Å²) in [4.78, 5) is 14.4. The van der Waals surface area contributed by atoms with E-state index in [-0.39, 0.29) is 11.6 Å². The van der Waals surface area contributed by atoms with E-state index in [0.29, 0.717) is 30.5 Å². The lowest BCUT2D eigenvalue weighted by molar-refractivity contribution is -0.132. The zero-order chi connectivity index (χ0) is 16.4. The van der Waals surface area contributed by atoms with Crippen molar-refractivity contribution in [2.24, 2.45) is 0 Å². The Kier molecular flexibility index (Phi) is 4.40. The van der Waals surface area contributed by atoms with Crippen molar-refractivity contribution in [2.45, 2.75) is 18.4 Å². The van der Waals surface area contributed by atoms with Gasteiger partial charge in [0.15, 0.2) is 0 Å². The first-order valence-corrected chi connectivity index (χ1v) is 7.88. The Morgan fingerprint density at radius 1 is 1.43 bits per heavy atom. The number of amides is 1. The first-order valence-electron chi connectivity index (χ1n) is 7.09. The van der Waals surface area contributed by atoms with Crippen molar-refractivity contribution >= 4 is 27.5 Å². The lowest BCUT2D eigenvalue weighted by atomic mass is 9.88. The maximum Gasteiger partial charge on any atom is 0.255 e. The van der Waals surface area contributed by atoms with Crippen LogP contribution in [0.3, 0.4) is 0 Å². The number of carbonyl (C=O) groups excluding carboxylic acids is 1. The van der Waals surface area contributed by atoms with Crippen molar-refractivity contribution in [2.75, 3.05) is 25.2 Å². The number of anilines is 1. The molecule has 1 aliphatic rings. The highest BCUT2D eigenvalue weighted by atomic mass is 79.9. The molecule has 1 fully saturated rings. The Hall–Kier alpha value is -1.87. The fourth-order valence-electron chi connectivity index (χ4n) is 2.78. The molecule has 0 atom stereocenters. The Morgan fingerprint density at radius 3 is 2.78 bits per heavy atom. The van der Waals surface area contributed by atoms with Gasteiger partial charge in [0.05, 0.1) is 5.69 Å². The predicted octanol–water partition coefficient (Wildman–Crippen LogP) is 1.74. The summed E-state index contributed by atoms with van der Waals surface area (Å²) in [7, 11) is 1.55. The molecule has 0 radical (unpaired) electrons. The molecular weight excluding hydrogens is 369 g/mol. The summed E-state index contributed by atoms with van der Waals surface area (Å²) in [6.07, 6.45) is 2.27. The fourth-order valence-corrected chi connectivity index (χ4v) is 3.12. The minimum Gasteiger partial charge on any atom is -0.381 e. The summed E-state index contributed by atoms with van der Waals surface area (Å²) in [5.41, 5.74) is -0.757. The SMILES string of the molecule is CN(C(=O)C1(n2cnnn2)CCOCC1)c1ccc(Br)cc1F. The van der Waals surface area contributed by atoms with Crippen LogP contribution < -0.4 is 4.90 Å². The van der Waals surface area contributed by atoms with Gasteiger partial charge in [-0.1, -0.05) is 15.9 Å². The molecule has 1 saturated heterocycles. The Balaban J connectivity index is 1.98. The second-order valence-corrected chi connectivity index (χ2v) is 6.27. The smallest absolute Gasteiger partial charge is 0.255 e. The van der Waals surface area contributed by atoms with E-state index in [4.69, 9.17) is 4.74 Å². The Bertz CT molecular complexity index is 703. The summed E-state index contributed by atoms with van der Waals surface area (Å²) in [6.45, 7) is 0.838. The molecule has 1 aromatic carbocycles. The summed E-state index contributed by atoms with van der Waals surface area (Å²) in [6, 6.07) is 4.58. The molecule has 122 valence electrons. The van der Waals surface area contributed by atoms with Crippen LogP contribution in [0.15, 0.2) is 29.0 Å². The maximum atomic E-state index is 14.2. The van der Waals surface area contributed by atoms with Crippen LogP contribution in [0.5, 0.6) is 0 Å². The minimum atomic E-state index is -0.962. The van der Waals surface area contributed by atoms with Crippen molar-refractivity contribution in [3.8, 4) is 0 Å². The van der Waals surface area contributed by atoms with Crippen LogP contribution in [0.4, 0.5) is 10.1 Å². The predicted molar refractivity (Wildman–Crippen MR) is 83.4 cm³/mol. The van der Waals surface area contributed by atoms with E-state index in [9.17, 15) is 9.18 Å². The molecule has 0 aliphatic carbocycles. The van der Waals surface area contributed by atoms with E-state index in [2.05, 4.69) is 31.5 Å². The van der Waals surface area contributed by atoms with Crippen LogP contribution in [0, 0.1) is 5.82 Å². The van der Waals surface area contributed by atoms with Crippen LogP contribution in [0.25, 0.3) is 0 Å². The van der Waals surface area contributed by atoms with Crippen LogP contribution in [-0.4, -0.2) is 46.4 Å². The lowest BCUT2D eigenvalue weighted by Crippen LogP contribution is -2.53. The molecule has 0 spiro atoms. The number of ether oxygens (including phenoxy) is 1. The third-order valence-electron chi connectivity index (χ3n) is 4.08. The van der Waals surface area contributed by atoms with Gasteiger partial charge in [0.1, 0.15) is 17.7 Å². The van der Waals surface area contributed by atoms with Crippen LogP contribution >= 0.6 is 15.9 Å². The van der Waals surface area contributed by atoms with E-state index in [1.165, 1.54) is 22.0 Å². The highest BCUT2D eigenvalue weighted by Gasteiger charge is 2.45. The third kappa shape index (κ3) is 2.86. The van der Waals surface area contributed by atoms with Crippen molar-refractivity contribution in [1.29, 1.82) is 0 Å². The zero-order valence-corrected chi connectivity index (χ0v) is 14.0. The first-order chi connectivity index (χ1) is 11.0. The standard InChI is InChI=1S/C14H15BrFN5O2/c1-20(12-3-2-10(15)8-11(12)16)13(22)14(4-6-23-7-5-14)21-9-17-18-19-21/h2-3,8-9H,4-7H2,1H3. The molecular formula is C14H15BrFN5O2. The van der Waals surface area contributed by atoms with Crippen LogP contribution in [-0.2, 0) is 15.1 Å². The van der Waals surface area contributed by atoms with E-state index >= 15 is 0 Å². The zero-order valence-electron chi connectivity index (χ0n) is 12.4. The topological polar surface area (TPSA) is 73.1 Å². The van der Waals surface area contributed by atoms with Gasteiger partial charge in [0.25, 0.3) is 5.91 Å². The van der Waals surface area contributed by atoms with Gasteiger partial charge in [-0.25, -0.2) is 9.07 Å². The average molecular weight is 384 g/mol. The molecule has 3 rings (SSSR count). The molecule has 1 aliphatic heterocycles. The minimum absolute atomic E-state index is 0.206. The van der Waals surface area contributed by atoms with Crippen molar-refractivity contribution in [3.05, 3.63) is 34.8 Å². The number of carbonyl (C=O) groups is 1. The van der Waals surface area contributed by atoms with E-state index < -0.39 is 11.4 Å². The molecule has 23 heavy (non-hydrogen) atoms. The van der Waals surface area contributed by atoms with Gasteiger partial charge in [-0.15, -0.1) is 5.10 Å².